The van der Waals surface area contributed by atoms with Gasteiger partial charge in [-0.05, 0) is 52.7 Å². The maximum Gasteiger partial charge on any atom is 0.407 e. The fraction of sp³-hybridized carbons (Fsp3) is 0.429. The van der Waals surface area contributed by atoms with Crippen LogP contribution in [0.3, 0.4) is 0 Å². The van der Waals surface area contributed by atoms with Crippen molar-refractivity contribution in [1.82, 2.24) is 24.2 Å². The Kier molecular flexibility index (Phi) is 6.29. The second kappa shape index (κ2) is 8.81. The first-order chi connectivity index (χ1) is 14.7. The maximum atomic E-state index is 12.0. The highest BCUT2D eigenvalue weighted by molar-refractivity contribution is 14.2. The predicted octanol–water partition coefficient (Wildman–Crippen LogP) is 5.12. The molecule has 164 valence electrons. The molecule has 1 saturated carbocycles. The second-order valence-corrected chi connectivity index (χ2v) is 10.4. The zero-order chi connectivity index (χ0) is 22.2. The number of aromatic nitrogens is 4. The Hall–Kier alpha value is -2.08. The molecular formula is C21H25IN6O2S. The van der Waals surface area contributed by atoms with Crippen molar-refractivity contribution in [3.05, 3.63) is 36.5 Å². The van der Waals surface area contributed by atoms with Gasteiger partial charge in [0.2, 0.25) is 0 Å². The van der Waals surface area contributed by atoms with Crippen molar-refractivity contribution in [3.8, 4) is 11.3 Å². The molecule has 1 fully saturated rings. The molecule has 3 aromatic rings. The van der Waals surface area contributed by atoms with Gasteiger partial charge in [0, 0.05) is 71.9 Å². The Morgan fingerprint density at radius 1 is 1.26 bits per heavy atom. The molecule has 0 aromatic carbocycles. The lowest BCUT2D eigenvalue weighted by atomic mass is 9.86. The Morgan fingerprint density at radius 3 is 2.71 bits per heavy atom. The highest BCUT2D eigenvalue weighted by Crippen LogP contribution is 2.37. The van der Waals surface area contributed by atoms with E-state index >= 15 is 0 Å². The van der Waals surface area contributed by atoms with Crippen LogP contribution in [0.2, 0.25) is 0 Å². The summed E-state index contributed by atoms with van der Waals surface area (Å²) in [6, 6.07) is 4.31. The van der Waals surface area contributed by atoms with Gasteiger partial charge in [0.1, 0.15) is 11.4 Å². The molecule has 4 rings (SSSR count). The first-order valence-electron chi connectivity index (χ1n) is 10.1. The Balaban J connectivity index is 1.55. The smallest absolute Gasteiger partial charge is 0.407 e. The summed E-state index contributed by atoms with van der Waals surface area (Å²) >= 11 is 2.25. The van der Waals surface area contributed by atoms with E-state index in [1.165, 1.54) is 0 Å². The number of alkyl carbamates (subject to hydrolysis) is 1. The quantitative estimate of drug-likeness (QED) is 0.425. The summed E-state index contributed by atoms with van der Waals surface area (Å²) in [5.74, 6) is 0.717. The van der Waals surface area contributed by atoms with Crippen LogP contribution in [-0.2, 0) is 4.74 Å². The largest absolute Gasteiger partial charge is 0.444 e. The molecule has 1 aliphatic rings. The van der Waals surface area contributed by atoms with Crippen LogP contribution < -0.4 is 10.6 Å². The molecule has 0 unspecified atom stereocenters. The fourth-order valence-electron chi connectivity index (χ4n) is 3.61. The van der Waals surface area contributed by atoms with Crippen LogP contribution >= 0.6 is 30.3 Å². The SMILES string of the molecule is Cc1nccc(-c2cnc3c(ccn3SI)c2NC2CC(NC(=O)OC(C)(C)C)C2)n1. The number of nitrogens with one attached hydrogen (secondary N) is 2. The van der Waals surface area contributed by atoms with E-state index < -0.39 is 5.60 Å². The molecule has 0 aliphatic heterocycles. The van der Waals surface area contributed by atoms with Crippen molar-refractivity contribution < 1.29 is 9.53 Å². The van der Waals surface area contributed by atoms with E-state index in [1.807, 2.05) is 50.1 Å². The van der Waals surface area contributed by atoms with Crippen molar-refractivity contribution in [2.75, 3.05) is 5.32 Å². The van der Waals surface area contributed by atoms with Gasteiger partial charge >= 0.3 is 6.09 Å². The third-order valence-corrected chi connectivity index (χ3v) is 6.73. The molecule has 0 radical (unpaired) electrons. The van der Waals surface area contributed by atoms with Crippen LogP contribution in [0.4, 0.5) is 10.5 Å². The summed E-state index contributed by atoms with van der Waals surface area (Å²) in [5, 5.41) is 7.67. The van der Waals surface area contributed by atoms with E-state index in [0.29, 0.717) is 5.82 Å². The minimum Gasteiger partial charge on any atom is -0.444 e. The van der Waals surface area contributed by atoms with Gasteiger partial charge in [0.05, 0.1) is 11.4 Å². The number of amides is 1. The number of rotatable bonds is 5. The number of anilines is 1. The zero-order valence-electron chi connectivity index (χ0n) is 17.8. The Bertz CT molecular complexity index is 1110. The topological polar surface area (TPSA) is 94.0 Å². The van der Waals surface area contributed by atoms with Gasteiger partial charge in [-0.15, -0.1) is 0 Å². The van der Waals surface area contributed by atoms with E-state index in [9.17, 15) is 4.79 Å². The summed E-state index contributed by atoms with van der Waals surface area (Å²) in [7, 11) is 1.58. The number of halogens is 1. The van der Waals surface area contributed by atoms with Gasteiger partial charge in [0.15, 0.2) is 5.65 Å². The van der Waals surface area contributed by atoms with E-state index in [0.717, 1.165) is 40.8 Å². The molecule has 31 heavy (non-hydrogen) atoms. The number of carbonyl (C=O) groups excluding carboxylic acids is 1. The van der Waals surface area contributed by atoms with Gasteiger partial charge in [0.25, 0.3) is 0 Å². The summed E-state index contributed by atoms with van der Waals surface area (Å²) in [6.45, 7) is 7.47. The summed E-state index contributed by atoms with van der Waals surface area (Å²) in [5.41, 5.74) is 3.19. The Morgan fingerprint density at radius 2 is 2.03 bits per heavy atom. The van der Waals surface area contributed by atoms with Crippen molar-refractivity contribution in [1.29, 1.82) is 0 Å². The van der Waals surface area contributed by atoms with Gasteiger partial charge in [-0.2, -0.15) is 0 Å². The lowest BCUT2D eigenvalue weighted by molar-refractivity contribution is 0.0475. The molecule has 3 aromatic heterocycles. The highest BCUT2D eigenvalue weighted by Gasteiger charge is 2.32. The molecule has 0 bridgehead atoms. The number of ether oxygens (including phenoxy) is 1. The lowest BCUT2D eigenvalue weighted by Gasteiger charge is -2.37. The molecule has 10 heteroatoms. The second-order valence-electron chi connectivity index (χ2n) is 8.64. The number of hydrogen-bond acceptors (Lipinski definition) is 7. The van der Waals surface area contributed by atoms with Gasteiger partial charge < -0.3 is 15.4 Å². The van der Waals surface area contributed by atoms with Crippen molar-refractivity contribution >= 4 is 53.1 Å². The third kappa shape index (κ3) is 5.05. The average Bonchev–Trinajstić information content (AvgIpc) is 3.08. The number of nitrogens with zero attached hydrogens (tertiary/aromatic N) is 4. The molecule has 0 saturated heterocycles. The number of pyridine rings is 1. The molecule has 0 spiro atoms. The molecule has 8 nitrogen and oxygen atoms in total. The van der Waals surface area contributed by atoms with E-state index in [-0.39, 0.29) is 18.2 Å². The number of carbonyl (C=O) groups is 1. The lowest BCUT2D eigenvalue weighted by Crippen LogP contribution is -2.50. The highest BCUT2D eigenvalue weighted by atomic mass is 127. The molecule has 1 amide bonds. The van der Waals surface area contributed by atoms with E-state index in [4.69, 9.17) is 4.74 Å². The van der Waals surface area contributed by atoms with Crippen LogP contribution in [0.15, 0.2) is 30.7 Å². The summed E-state index contributed by atoms with van der Waals surface area (Å²) in [6.07, 6.45) is 6.94. The number of fused-ring (bicyclic) bond motifs is 1. The Labute approximate surface area is 197 Å². The van der Waals surface area contributed by atoms with Crippen molar-refractivity contribution in [2.45, 2.75) is 58.2 Å². The third-order valence-electron chi connectivity index (χ3n) is 5.01. The van der Waals surface area contributed by atoms with Crippen LogP contribution in [0.25, 0.3) is 22.3 Å². The maximum absolute atomic E-state index is 12.0. The van der Waals surface area contributed by atoms with Gasteiger partial charge in [-0.1, -0.05) is 0 Å². The van der Waals surface area contributed by atoms with Gasteiger partial charge in [-0.25, -0.2) is 19.7 Å². The van der Waals surface area contributed by atoms with Crippen molar-refractivity contribution in [2.24, 2.45) is 0 Å². The number of aryl methyl sites for hydroxylation is 1. The van der Waals surface area contributed by atoms with Crippen LogP contribution in [0.5, 0.6) is 0 Å². The minimum absolute atomic E-state index is 0.101. The molecule has 3 heterocycles. The molecule has 0 atom stereocenters. The molecular weight excluding hydrogens is 527 g/mol. The predicted molar refractivity (Wildman–Crippen MR) is 132 cm³/mol. The standard InChI is InChI=1S/C21H25IN6O2S/c1-12-23-7-5-17(25-12)16-11-24-19-15(6-8-28(19)31-22)18(16)26-13-9-14(10-13)27-20(29)30-21(2,3)4/h5-8,11,13-14H,9-10H2,1-4H3,(H,24,26)(H,27,29). The molecule has 1 aliphatic carbocycles. The molecule has 2 N–H and O–H groups in total. The van der Waals surface area contributed by atoms with E-state index in [2.05, 4.69) is 52.9 Å². The van der Waals surface area contributed by atoms with Crippen LogP contribution in [0, 0.1) is 6.92 Å². The monoisotopic (exact) mass is 552 g/mol. The number of hydrogen-bond donors (Lipinski definition) is 2. The minimum atomic E-state index is -0.497. The van der Waals surface area contributed by atoms with Crippen LogP contribution in [-0.4, -0.2) is 42.7 Å². The first kappa shape index (κ1) is 22.1. The van der Waals surface area contributed by atoms with E-state index in [1.54, 1.807) is 15.3 Å². The summed E-state index contributed by atoms with van der Waals surface area (Å²) < 4.78 is 7.39. The zero-order valence-corrected chi connectivity index (χ0v) is 20.8. The van der Waals surface area contributed by atoms with Gasteiger partial charge in [-0.3, -0.25) is 3.97 Å². The van der Waals surface area contributed by atoms with Crippen LogP contribution in [0.1, 0.15) is 39.4 Å². The fourth-order valence-corrected chi connectivity index (χ4v) is 4.88. The summed E-state index contributed by atoms with van der Waals surface area (Å²) in [4.78, 5) is 25.5. The normalized spacial score (nSPS) is 18.5. The van der Waals surface area contributed by atoms with Crippen molar-refractivity contribution in [3.63, 3.8) is 0 Å². The first-order valence-corrected chi connectivity index (χ1v) is 13.4. The average molecular weight is 552 g/mol.